The molecule has 0 aliphatic rings. The normalized spacial score (nSPS) is 10.2. The molecule has 19 heavy (non-hydrogen) atoms. The number of benzene rings is 2. The molecule has 98 valence electrons. The highest BCUT2D eigenvalue weighted by molar-refractivity contribution is 6.30. The van der Waals surface area contributed by atoms with Gasteiger partial charge in [-0.25, -0.2) is 4.39 Å². The van der Waals surface area contributed by atoms with Gasteiger partial charge in [0, 0.05) is 29.4 Å². The van der Waals surface area contributed by atoms with Gasteiger partial charge < -0.3 is 5.32 Å². The summed E-state index contributed by atoms with van der Waals surface area (Å²) >= 11 is 5.74. The Morgan fingerprint density at radius 3 is 2.74 bits per heavy atom. The average Bonchev–Trinajstić information content (AvgIpc) is 2.35. The number of anilines is 1. The van der Waals surface area contributed by atoms with E-state index in [1.54, 1.807) is 18.2 Å². The minimum absolute atomic E-state index is 0.00211. The van der Waals surface area contributed by atoms with E-state index in [0.717, 1.165) is 0 Å². The molecule has 1 N–H and O–H groups in total. The lowest BCUT2D eigenvalue weighted by Gasteiger charge is -2.07. The summed E-state index contributed by atoms with van der Waals surface area (Å²) in [6, 6.07) is 10.3. The van der Waals surface area contributed by atoms with Gasteiger partial charge in [0.05, 0.1) is 4.92 Å². The maximum atomic E-state index is 13.1. The summed E-state index contributed by atoms with van der Waals surface area (Å²) in [6.07, 6.45) is 0. The molecular weight excluding hydrogens is 271 g/mol. The molecule has 0 fully saturated rings. The molecule has 2 rings (SSSR count). The number of nitro groups is 1. The number of nitrogens with zero attached hydrogens (tertiary/aromatic N) is 1. The van der Waals surface area contributed by atoms with Crippen LogP contribution in [0.2, 0.25) is 5.02 Å². The zero-order valence-corrected chi connectivity index (χ0v) is 10.5. The van der Waals surface area contributed by atoms with Crippen LogP contribution in [0.15, 0.2) is 42.5 Å². The average molecular weight is 281 g/mol. The SMILES string of the molecule is O=[N+]([O-])c1cccc(NCc2cc(F)cc(Cl)c2)c1. The Labute approximate surface area is 114 Å². The second kappa shape index (κ2) is 5.67. The molecular formula is C13H10ClFN2O2. The first kappa shape index (κ1) is 13.3. The number of halogens is 2. The minimum atomic E-state index is -0.468. The highest BCUT2D eigenvalue weighted by Gasteiger charge is 2.05. The standard InChI is InChI=1S/C13H10ClFN2O2/c14-10-4-9(5-11(15)6-10)8-16-12-2-1-3-13(7-12)17(18)19/h1-7,16H,8H2. The van der Waals surface area contributed by atoms with Gasteiger partial charge in [-0.15, -0.1) is 0 Å². The number of nitrogens with one attached hydrogen (secondary N) is 1. The highest BCUT2D eigenvalue weighted by atomic mass is 35.5. The first-order valence-electron chi connectivity index (χ1n) is 5.48. The summed E-state index contributed by atoms with van der Waals surface area (Å²) in [5.74, 6) is -0.414. The molecule has 2 aromatic carbocycles. The predicted molar refractivity (Wildman–Crippen MR) is 71.8 cm³/mol. The maximum absolute atomic E-state index is 13.1. The highest BCUT2D eigenvalue weighted by Crippen LogP contribution is 2.19. The fourth-order valence-electron chi connectivity index (χ4n) is 1.65. The van der Waals surface area contributed by atoms with E-state index in [0.29, 0.717) is 22.8 Å². The van der Waals surface area contributed by atoms with E-state index >= 15 is 0 Å². The van der Waals surface area contributed by atoms with E-state index < -0.39 is 10.7 Å². The van der Waals surface area contributed by atoms with Crippen molar-refractivity contribution < 1.29 is 9.31 Å². The van der Waals surface area contributed by atoms with Crippen molar-refractivity contribution in [3.63, 3.8) is 0 Å². The molecule has 0 saturated heterocycles. The van der Waals surface area contributed by atoms with Crippen LogP contribution in [0.3, 0.4) is 0 Å². The van der Waals surface area contributed by atoms with Crippen molar-refractivity contribution in [2.24, 2.45) is 0 Å². The van der Waals surface area contributed by atoms with Crippen molar-refractivity contribution in [3.05, 3.63) is 69.0 Å². The number of rotatable bonds is 4. The fourth-order valence-corrected chi connectivity index (χ4v) is 1.89. The van der Waals surface area contributed by atoms with Crippen molar-refractivity contribution in [1.29, 1.82) is 0 Å². The molecule has 4 nitrogen and oxygen atoms in total. The van der Waals surface area contributed by atoms with Gasteiger partial charge >= 0.3 is 0 Å². The van der Waals surface area contributed by atoms with Crippen LogP contribution >= 0.6 is 11.6 Å². The predicted octanol–water partition coefficient (Wildman–Crippen LogP) is 4.00. The van der Waals surface area contributed by atoms with Crippen molar-refractivity contribution in [3.8, 4) is 0 Å². The Kier molecular flexibility index (Phi) is 3.97. The first-order valence-corrected chi connectivity index (χ1v) is 5.86. The van der Waals surface area contributed by atoms with E-state index in [9.17, 15) is 14.5 Å². The lowest BCUT2D eigenvalue weighted by Crippen LogP contribution is -2.00. The molecule has 0 saturated carbocycles. The Morgan fingerprint density at radius 1 is 1.26 bits per heavy atom. The Bertz CT molecular complexity index is 599. The number of non-ortho nitro benzene ring substituents is 1. The summed E-state index contributed by atoms with van der Waals surface area (Å²) in [5.41, 5.74) is 1.26. The minimum Gasteiger partial charge on any atom is -0.381 e. The summed E-state index contributed by atoms with van der Waals surface area (Å²) < 4.78 is 13.1. The van der Waals surface area contributed by atoms with Crippen LogP contribution < -0.4 is 5.32 Å². The van der Waals surface area contributed by atoms with Crippen LogP contribution in [0.5, 0.6) is 0 Å². The molecule has 0 atom stereocenters. The number of hydrogen-bond donors (Lipinski definition) is 1. The molecule has 0 aliphatic carbocycles. The molecule has 6 heteroatoms. The lowest BCUT2D eigenvalue weighted by molar-refractivity contribution is -0.384. The van der Waals surface area contributed by atoms with Crippen LogP contribution in [-0.2, 0) is 6.54 Å². The van der Waals surface area contributed by atoms with Crippen molar-refractivity contribution >= 4 is 23.0 Å². The van der Waals surface area contributed by atoms with Gasteiger partial charge in [-0.05, 0) is 29.8 Å². The topological polar surface area (TPSA) is 55.2 Å². The van der Waals surface area contributed by atoms with E-state index in [4.69, 9.17) is 11.6 Å². The van der Waals surface area contributed by atoms with Gasteiger partial charge in [0.2, 0.25) is 0 Å². The van der Waals surface area contributed by atoms with Crippen LogP contribution in [0.4, 0.5) is 15.8 Å². The van der Waals surface area contributed by atoms with E-state index in [2.05, 4.69) is 5.32 Å². The van der Waals surface area contributed by atoms with E-state index in [-0.39, 0.29) is 5.69 Å². The summed E-state index contributed by atoms with van der Waals surface area (Å²) in [7, 11) is 0. The molecule has 0 aliphatic heterocycles. The molecule has 0 aromatic heterocycles. The van der Waals surface area contributed by atoms with Gasteiger partial charge in [-0.3, -0.25) is 10.1 Å². The molecule has 0 radical (unpaired) electrons. The van der Waals surface area contributed by atoms with Gasteiger partial charge in [-0.1, -0.05) is 17.7 Å². The monoisotopic (exact) mass is 280 g/mol. The van der Waals surface area contributed by atoms with Crippen molar-refractivity contribution in [2.75, 3.05) is 5.32 Å². The van der Waals surface area contributed by atoms with E-state index in [1.807, 2.05) is 0 Å². The quantitative estimate of drug-likeness (QED) is 0.680. The molecule has 0 bridgehead atoms. The van der Waals surface area contributed by atoms with Gasteiger partial charge in [0.1, 0.15) is 5.82 Å². The van der Waals surface area contributed by atoms with Crippen LogP contribution in [-0.4, -0.2) is 4.92 Å². The second-order valence-corrected chi connectivity index (χ2v) is 4.38. The second-order valence-electron chi connectivity index (χ2n) is 3.94. The van der Waals surface area contributed by atoms with Crippen LogP contribution in [0.1, 0.15) is 5.56 Å². The fraction of sp³-hybridized carbons (Fsp3) is 0.0769. The Hall–Kier alpha value is -2.14. The molecule has 0 heterocycles. The molecule has 2 aromatic rings. The Balaban J connectivity index is 2.10. The van der Waals surface area contributed by atoms with Gasteiger partial charge in [0.25, 0.3) is 5.69 Å². The van der Waals surface area contributed by atoms with Gasteiger partial charge in [-0.2, -0.15) is 0 Å². The van der Waals surface area contributed by atoms with Gasteiger partial charge in [0.15, 0.2) is 0 Å². The van der Waals surface area contributed by atoms with Crippen molar-refractivity contribution in [2.45, 2.75) is 6.54 Å². The zero-order valence-electron chi connectivity index (χ0n) is 9.77. The third kappa shape index (κ3) is 3.66. The number of nitro benzene ring substituents is 1. The van der Waals surface area contributed by atoms with E-state index in [1.165, 1.54) is 24.3 Å². The lowest BCUT2D eigenvalue weighted by atomic mass is 10.2. The third-order valence-corrected chi connectivity index (χ3v) is 2.69. The Morgan fingerprint density at radius 2 is 2.05 bits per heavy atom. The molecule has 0 amide bonds. The summed E-state index contributed by atoms with van der Waals surface area (Å²) in [5, 5.41) is 13.9. The summed E-state index contributed by atoms with van der Waals surface area (Å²) in [4.78, 5) is 10.2. The number of hydrogen-bond acceptors (Lipinski definition) is 3. The molecule has 0 spiro atoms. The zero-order chi connectivity index (χ0) is 13.8. The summed E-state index contributed by atoms with van der Waals surface area (Å²) in [6.45, 7) is 0.332. The smallest absolute Gasteiger partial charge is 0.271 e. The van der Waals surface area contributed by atoms with Crippen molar-refractivity contribution in [1.82, 2.24) is 0 Å². The first-order chi connectivity index (χ1) is 9.04. The largest absolute Gasteiger partial charge is 0.381 e. The third-order valence-electron chi connectivity index (χ3n) is 2.48. The van der Waals surface area contributed by atoms with Crippen LogP contribution in [0.25, 0.3) is 0 Å². The van der Waals surface area contributed by atoms with Crippen LogP contribution in [0, 0.1) is 15.9 Å². The molecule has 0 unspecified atom stereocenters. The maximum Gasteiger partial charge on any atom is 0.271 e.